The topological polar surface area (TPSA) is 143 Å². The van der Waals surface area contributed by atoms with Crippen molar-refractivity contribution in [2.45, 2.75) is 38.3 Å². The second-order valence-electron chi connectivity index (χ2n) is 6.25. The molecule has 1 fully saturated rings. The van der Waals surface area contributed by atoms with Crippen LogP contribution in [0.2, 0.25) is 0 Å². The van der Waals surface area contributed by atoms with E-state index in [4.69, 9.17) is 15.6 Å². The molecule has 2 rings (SSSR count). The molecule has 1 aromatic carbocycles. The maximum Gasteiger partial charge on any atom is 0.488 e. The highest BCUT2D eigenvalue weighted by Crippen LogP contribution is 2.22. The van der Waals surface area contributed by atoms with Crippen molar-refractivity contribution in [3.63, 3.8) is 0 Å². The highest BCUT2D eigenvalue weighted by Gasteiger charge is 2.20. The Morgan fingerprint density at radius 3 is 2.71 bits per heavy atom. The fourth-order valence-corrected chi connectivity index (χ4v) is 2.87. The first kappa shape index (κ1) is 24.0. The Morgan fingerprint density at radius 1 is 1.61 bits per heavy atom. The minimum atomic E-state index is -5.21. The lowest BCUT2D eigenvalue weighted by molar-refractivity contribution is 0.0948. The predicted molar refractivity (Wildman–Crippen MR) is 104 cm³/mol. The second kappa shape index (κ2) is 11.1. The summed E-state index contributed by atoms with van der Waals surface area (Å²) in [5.74, 6) is -0.620. The zero-order valence-electron chi connectivity index (χ0n) is 15.7. The first-order valence-electron chi connectivity index (χ1n) is 8.54. The van der Waals surface area contributed by atoms with Gasteiger partial charge >= 0.3 is 24.3 Å². The average molecular weight is 417 g/mol. The molecule has 12 heteroatoms. The van der Waals surface area contributed by atoms with E-state index < -0.39 is 22.5 Å². The van der Waals surface area contributed by atoms with Gasteiger partial charge in [0.1, 0.15) is 6.04 Å². The zero-order valence-corrected chi connectivity index (χ0v) is 16.5. The first-order valence-corrected chi connectivity index (χ1v) is 9.85. The molecular weight excluding hydrogens is 392 g/mol. The van der Waals surface area contributed by atoms with E-state index in [0.29, 0.717) is 5.94 Å². The third-order valence-corrected chi connectivity index (χ3v) is 4.45. The number of likely N-dealkylation sites (tertiary alicyclic amines) is 1. The SMILES string of the molecule is CC(C=[OH+])NC(=O)c1ccc(CN)c(OS(=O)(=O)F)c1.CN1CCCC1[B]O. The predicted octanol–water partition coefficient (Wildman–Crippen LogP) is -0.319. The molecule has 9 nitrogen and oxygen atoms in total. The molecule has 155 valence electrons. The molecule has 1 aliphatic rings. The molecule has 0 saturated carbocycles. The maximum atomic E-state index is 12.6. The summed E-state index contributed by atoms with van der Waals surface area (Å²) in [6, 6.07) is 3.17. The largest absolute Gasteiger partial charge is 0.488 e. The highest BCUT2D eigenvalue weighted by atomic mass is 32.3. The van der Waals surface area contributed by atoms with Crippen molar-refractivity contribution in [3.8, 4) is 5.75 Å². The standard InChI is InChI=1S/C11H13FN2O5S.C5H11BNO/c1-7(6-15)14-11(16)8-2-3-9(5-13)10(4-8)19-20(12,17)18;1-7-4-2-3-5(7)6-8/h2-4,6-7H,5,13H2,1H3,(H,14,16);5,8H,2-4H2,1H3/p+1. The van der Waals surface area contributed by atoms with E-state index in [0.717, 1.165) is 25.3 Å². The summed E-state index contributed by atoms with van der Waals surface area (Å²) in [4.78, 5) is 22.6. The minimum Gasteiger partial charge on any atom is -0.453 e. The van der Waals surface area contributed by atoms with Gasteiger partial charge in [-0.05, 0) is 45.5 Å². The second-order valence-corrected chi connectivity index (χ2v) is 7.21. The first-order chi connectivity index (χ1) is 13.1. The van der Waals surface area contributed by atoms with Crippen LogP contribution in [0.4, 0.5) is 3.89 Å². The zero-order chi connectivity index (χ0) is 21.3. The van der Waals surface area contributed by atoms with Gasteiger partial charge in [0.05, 0.1) is 0 Å². The van der Waals surface area contributed by atoms with Crippen molar-refractivity contribution < 1.29 is 31.1 Å². The molecule has 0 aliphatic carbocycles. The summed E-state index contributed by atoms with van der Waals surface area (Å²) in [5, 5.41) is 11.0. The number of rotatable bonds is 7. The molecular formula is C16H25BFN3O6S+. The smallest absolute Gasteiger partial charge is 0.453 e. The molecule has 1 aromatic rings. The highest BCUT2D eigenvalue weighted by molar-refractivity contribution is 7.81. The Labute approximate surface area is 164 Å². The van der Waals surface area contributed by atoms with E-state index in [-0.39, 0.29) is 23.4 Å². The van der Waals surface area contributed by atoms with Crippen molar-refractivity contribution in [2.24, 2.45) is 5.73 Å². The van der Waals surface area contributed by atoms with Crippen LogP contribution in [0.3, 0.4) is 0 Å². The lowest BCUT2D eigenvalue weighted by atomic mass is 9.87. The lowest BCUT2D eigenvalue weighted by Crippen LogP contribution is -2.33. The van der Waals surface area contributed by atoms with Crippen LogP contribution in [0.5, 0.6) is 5.75 Å². The van der Waals surface area contributed by atoms with Crippen molar-refractivity contribution >= 4 is 30.2 Å². The maximum absolute atomic E-state index is 12.6. The van der Waals surface area contributed by atoms with E-state index >= 15 is 0 Å². The van der Waals surface area contributed by atoms with Crippen LogP contribution < -0.4 is 15.2 Å². The van der Waals surface area contributed by atoms with Gasteiger partial charge < -0.3 is 25.2 Å². The average Bonchev–Trinajstić information content (AvgIpc) is 3.05. The Hall–Kier alpha value is -2.02. The molecule has 1 saturated heterocycles. The van der Waals surface area contributed by atoms with Gasteiger partial charge in [0, 0.05) is 23.6 Å². The van der Waals surface area contributed by atoms with Crippen LogP contribution in [0.15, 0.2) is 18.2 Å². The molecule has 28 heavy (non-hydrogen) atoms. The molecule has 5 N–H and O–H groups in total. The van der Waals surface area contributed by atoms with E-state index in [9.17, 15) is 17.1 Å². The van der Waals surface area contributed by atoms with Gasteiger partial charge in [-0.15, -0.1) is 0 Å². The summed E-state index contributed by atoms with van der Waals surface area (Å²) in [6.45, 7) is 2.56. The molecule has 2 atom stereocenters. The van der Waals surface area contributed by atoms with Gasteiger partial charge in [-0.1, -0.05) is 9.95 Å². The Bertz CT molecular complexity index is 780. The Morgan fingerprint density at radius 2 is 2.29 bits per heavy atom. The summed E-state index contributed by atoms with van der Waals surface area (Å²) in [7, 11) is -1.90. The van der Waals surface area contributed by atoms with Crippen LogP contribution >= 0.6 is 0 Å². The van der Waals surface area contributed by atoms with Gasteiger partial charge in [-0.25, -0.2) is 0 Å². The van der Waals surface area contributed by atoms with Crippen LogP contribution in [-0.2, 0) is 17.0 Å². The number of aldehydes is 1. The third-order valence-electron chi connectivity index (χ3n) is 4.07. The molecule has 0 bridgehead atoms. The fraction of sp³-hybridized carbons (Fsp3) is 0.500. The third kappa shape index (κ3) is 7.93. The molecule has 0 spiro atoms. The van der Waals surface area contributed by atoms with Crippen molar-refractivity contribution in [3.05, 3.63) is 29.3 Å². The number of carbonyl (C=O) groups is 1. The number of nitrogens with two attached hydrogens (primary N) is 1. The molecule has 1 amide bonds. The normalized spacial score (nSPS) is 17.8. The van der Waals surface area contributed by atoms with Gasteiger partial charge in [-0.3, -0.25) is 9.59 Å². The minimum absolute atomic E-state index is 0.0366. The van der Waals surface area contributed by atoms with E-state index in [2.05, 4.69) is 14.4 Å². The van der Waals surface area contributed by atoms with Crippen LogP contribution in [0.1, 0.15) is 35.7 Å². The molecule has 0 aromatic heterocycles. The number of hydrogen-bond donors (Lipinski definition) is 3. The fourth-order valence-electron chi connectivity index (χ4n) is 2.50. The van der Waals surface area contributed by atoms with Gasteiger partial charge in [0.2, 0.25) is 0 Å². The van der Waals surface area contributed by atoms with Crippen LogP contribution in [0, 0.1) is 0 Å². The van der Waals surface area contributed by atoms with Crippen LogP contribution in [0.25, 0.3) is 0 Å². The summed E-state index contributed by atoms with van der Waals surface area (Å²) >= 11 is 0. The lowest BCUT2D eigenvalue weighted by Gasteiger charge is -2.14. The van der Waals surface area contributed by atoms with E-state index in [1.807, 2.05) is 7.05 Å². The summed E-state index contributed by atoms with van der Waals surface area (Å²) in [6.07, 6.45) is 3.11. The number of hydrogen-bond acceptors (Lipinski definition) is 7. The quantitative estimate of drug-likeness (QED) is 0.239. The molecule has 2 unspecified atom stereocenters. The van der Waals surface area contributed by atoms with Crippen molar-refractivity contribution in [1.29, 1.82) is 0 Å². The molecule has 1 aliphatic heterocycles. The number of carbonyl (C=O) groups excluding carboxylic acids is 2. The molecule has 1 heterocycles. The van der Waals surface area contributed by atoms with Crippen molar-refractivity contribution in [1.82, 2.24) is 10.2 Å². The monoisotopic (exact) mass is 417 g/mol. The number of halogens is 1. The number of amides is 1. The summed E-state index contributed by atoms with van der Waals surface area (Å²) in [5.41, 5.74) is 5.63. The number of benzene rings is 1. The summed E-state index contributed by atoms with van der Waals surface area (Å²) < 4.78 is 37.7. The number of nitrogens with one attached hydrogen (secondary N) is 1. The van der Waals surface area contributed by atoms with Crippen molar-refractivity contribution in [2.75, 3.05) is 13.6 Å². The number of nitrogens with zero attached hydrogens (tertiary/aromatic N) is 1. The van der Waals surface area contributed by atoms with E-state index in [1.165, 1.54) is 33.0 Å². The van der Waals surface area contributed by atoms with Gasteiger partial charge in [0.15, 0.2) is 5.75 Å². The van der Waals surface area contributed by atoms with Gasteiger partial charge in [0.25, 0.3) is 5.91 Å². The molecule has 1 radical (unpaired) electrons. The van der Waals surface area contributed by atoms with Gasteiger partial charge in [-0.2, -0.15) is 8.42 Å². The van der Waals surface area contributed by atoms with E-state index in [1.54, 1.807) is 0 Å². The Balaban J connectivity index is 0.000000406. The van der Waals surface area contributed by atoms with Crippen LogP contribution in [-0.4, -0.2) is 68.4 Å². The Kier molecular flexibility index (Phi) is 9.52.